The average molecular weight is 192 g/mol. The first-order chi connectivity index (χ1) is 6.81. The van der Waals surface area contributed by atoms with Crippen molar-refractivity contribution in [3.05, 3.63) is 0 Å². The van der Waals surface area contributed by atoms with E-state index in [1.807, 2.05) is 0 Å². The molecule has 2 atom stereocenters. The van der Waals surface area contributed by atoms with Gasteiger partial charge in [-0.25, -0.2) is 0 Å². The molecule has 76 valence electrons. The van der Waals surface area contributed by atoms with E-state index in [0.29, 0.717) is 12.3 Å². The van der Waals surface area contributed by atoms with Gasteiger partial charge in [-0.15, -0.1) is 0 Å². The molecule has 2 fully saturated rings. The summed E-state index contributed by atoms with van der Waals surface area (Å²) in [7, 11) is 0. The van der Waals surface area contributed by atoms with Crippen molar-refractivity contribution in [1.82, 2.24) is 5.32 Å². The second kappa shape index (κ2) is 4.00. The number of rotatable bonds is 2. The number of nitrogens with zero attached hydrogens (tertiary/aromatic N) is 1. The molecular weight excluding hydrogens is 176 g/mol. The Balaban J connectivity index is 1.99. The first kappa shape index (κ1) is 9.51. The normalized spacial score (nSPS) is 29.9. The second-order valence-electron chi connectivity index (χ2n) is 4.41. The molecule has 1 saturated carbocycles. The van der Waals surface area contributed by atoms with E-state index < -0.39 is 0 Å². The molecule has 2 aliphatic rings. The Morgan fingerprint density at radius 1 is 1.36 bits per heavy atom. The number of hydrogen-bond acceptors (Lipinski definition) is 2. The molecule has 0 spiro atoms. The number of carbonyl (C=O) groups is 1. The van der Waals surface area contributed by atoms with Gasteiger partial charge >= 0.3 is 0 Å². The monoisotopic (exact) mass is 192 g/mol. The van der Waals surface area contributed by atoms with Crippen LogP contribution in [0.2, 0.25) is 0 Å². The Bertz CT molecular complexity index is 263. The molecule has 2 unspecified atom stereocenters. The third kappa shape index (κ3) is 1.75. The molecule has 3 heteroatoms. The van der Waals surface area contributed by atoms with Crippen LogP contribution in [0, 0.1) is 23.2 Å². The summed E-state index contributed by atoms with van der Waals surface area (Å²) in [4.78, 5) is 11.1. The molecule has 1 amide bonds. The highest BCUT2D eigenvalue weighted by atomic mass is 16.1. The quantitative estimate of drug-likeness (QED) is 0.722. The highest BCUT2D eigenvalue weighted by Gasteiger charge is 2.35. The predicted octanol–water partition coefficient (Wildman–Crippen LogP) is 1.59. The van der Waals surface area contributed by atoms with Crippen molar-refractivity contribution >= 4 is 5.91 Å². The molecule has 0 bridgehead atoms. The predicted molar refractivity (Wildman–Crippen MR) is 52.2 cm³/mol. The van der Waals surface area contributed by atoms with Crippen LogP contribution in [0.1, 0.15) is 38.5 Å². The van der Waals surface area contributed by atoms with E-state index in [9.17, 15) is 4.79 Å². The van der Waals surface area contributed by atoms with Gasteiger partial charge in [-0.1, -0.05) is 12.8 Å². The molecular formula is C11H16N2O. The first-order valence-electron chi connectivity index (χ1n) is 5.50. The number of amides is 1. The van der Waals surface area contributed by atoms with Crippen molar-refractivity contribution in [3.8, 4) is 6.07 Å². The summed E-state index contributed by atoms with van der Waals surface area (Å²) >= 11 is 0. The molecule has 1 heterocycles. The lowest BCUT2D eigenvalue weighted by molar-refractivity contribution is -0.119. The van der Waals surface area contributed by atoms with E-state index in [4.69, 9.17) is 5.26 Å². The number of carbonyl (C=O) groups excluding carboxylic acids is 1. The Kier molecular flexibility index (Phi) is 2.72. The zero-order valence-electron chi connectivity index (χ0n) is 8.33. The SMILES string of the molecule is N#CC(C1CCCC1)C1CCC(=O)N1. The van der Waals surface area contributed by atoms with Gasteiger partial charge in [0.25, 0.3) is 0 Å². The van der Waals surface area contributed by atoms with Gasteiger partial charge in [0.05, 0.1) is 12.0 Å². The lowest BCUT2D eigenvalue weighted by Crippen LogP contribution is -2.35. The molecule has 1 aliphatic heterocycles. The zero-order chi connectivity index (χ0) is 9.97. The minimum atomic E-state index is 0.0592. The average Bonchev–Trinajstić information content (AvgIpc) is 2.79. The smallest absolute Gasteiger partial charge is 0.220 e. The molecule has 2 rings (SSSR count). The summed E-state index contributed by atoms with van der Waals surface area (Å²) < 4.78 is 0. The summed E-state index contributed by atoms with van der Waals surface area (Å²) in [5, 5.41) is 12.1. The molecule has 0 radical (unpaired) electrons. The fourth-order valence-electron chi connectivity index (χ4n) is 2.75. The standard InChI is InChI=1S/C11H16N2O/c12-7-9(8-3-1-2-4-8)10-5-6-11(14)13-10/h8-10H,1-6H2,(H,13,14). The van der Waals surface area contributed by atoms with Gasteiger partial charge in [0, 0.05) is 12.5 Å². The van der Waals surface area contributed by atoms with Crippen molar-refractivity contribution < 1.29 is 4.79 Å². The van der Waals surface area contributed by atoms with Crippen LogP contribution in [0.25, 0.3) is 0 Å². The van der Waals surface area contributed by atoms with Gasteiger partial charge < -0.3 is 5.32 Å². The maximum Gasteiger partial charge on any atom is 0.220 e. The van der Waals surface area contributed by atoms with Gasteiger partial charge in [-0.3, -0.25) is 4.79 Å². The minimum Gasteiger partial charge on any atom is -0.352 e. The molecule has 1 aliphatic carbocycles. The van der Waals surface area contributed by atoms with Gasteiger partial charge in [0.15, 0.2) is 0 Å². The summed E-state index contributed by atoms with van der Waals surface area (Å²) in [5.74, 6) is 0.709. The van der Waals surface area contributed by atoms with Gasteiger partial charge in [0.2, 0.25) is 5.91 Å². The molecule has 0 aromatic carbocycles. The summed E-state index contributed by atoms with van der Waals surface area (Å²) in [5.41, 5.74) is 0. The second-order valence-corrected chi connectivity index (χ2v) is 4.41. The van der Waals surface area contributed by atoms with E-state index >= 15 is 0 Å². The van der Waals surface area contributed by atoms with Crippen LogP contribution >= 0.6 is 0 Å². The minimum absolute atomic E-state index is 0.0592. The summed E-state index contributed by atoms with van der Waals surface area (Å²) in [6, 6.07) is 2.53. The van der Waals surface area contributed by atoms with E-state index in [-0.39, 0.29) is 17.9 Å². The van der Waals surface area contributed by atoms with Crippen molar-refractivity contribution in [2.75, 3.05) is 0 Å². The van der Waals surface area contributed by atoms with Gasteiger partial charge in [0.1, 0.15) is 0 Å². The maximum absolute atomic E-state index is 11.1. The van der Waals surface area contributed by atoms with Gasteiger partial charge in [-0.2, -0.15) is 5.26 Å². The van der Waals surface area contributed by atoms with Crippen LogP contribution in [0.5, 0.6) is 0 Å². The zero-order valence-corrected chi connectivity index (χ0v) is 8.33. The third-order valence-electron chi connectivity index (χ3n) is 3.52. The van der Waals surface area contributed by atoms with E-state index in [1.165, 1.54) is 25.7 Å². The molecule has 1 N–H and O–H groups in total. The Hall–Kier alpha value is -1.04. The van der Waals surface area contributed by atoms with Crippen molar-refractivity contribution in [2.45, 2.75) is 44.6 Å². The van der Waals surface area contributed by atoms with Crippen LogP contribution in [-0.2, 0) is 4.79 Å². The summed E-state index contributed by atoms with van der Waals surface area (Å²) in [6.07, 6.45) is 6.31. The molecule has 14 heavy (non-hydrogen) atoms. The van der Waals surface area contributed by atoms with Crippen LogP contribution in [-0.4, -0.2) is 11.9 Å². The first-order valence-corrected chi connectivity index (χ1v) is 5.50. The topological polar surface area (TPSA) is 52.9 Å². The highest BCUT2D eigenvalue weighted by Crippen LogP contribution is 2.34. The molecule has 1 saturated heterocycles. The van der Waals surface area contributed by atoms with Crippen LogP contribution in [0.3, 0.4) is 0 Å². The Labute approximate surface area is 84.5 Å². The highest BCUT2D eigenvalue weighted by molar-refractivity contribution is 5.78. The fourth-order valence-corrected chi connectivity index (χ4v) is 2.75. The van der Waals surface area contributed by atoms with Crippen molar-refractivity contribution in [3.63, 3.8) is 0 Å². The number of nitrogens with one attached hydrogen (secondary N) is 1. The Morgan fingerprint density at radius 3 is 2.57 bits per heavy atom. The number of hydrogen-bond donors (Lipinski definition) is 1. The lowest BCUT2D eigenvalue weighted by atomic mass is 9.85. The number of nitriles is 1. The largest absolute Gasteiger partial charge is 0.352 e. The van der Waals surface area contributed by atoms with E-state index in [2.05, 4.69) is 11.4 Å². The van der Waals surface area contributed by atoms with E-state index in [1.54, 1.807) is 0 Å². The van der Waals surface area contributed by atoms with Crippen LogP contribution < -0.4 is 5.32 Å². The third-order valence-corrected chi connectivity index (χ3v) is 3.52. The van der Waals surface area contributed by atoms with Crippen molar-refractivity contribution in [1.29, 1.82) is 5.26 Å². The fraction of sp³-hybridized carbons (Fsp3) is 0.818. The molecule has 0 aromatic rings. The molecule has 3 nitrogen and oxygen atoms in total. The van der Waals surface area contributed by atoms with Gasteiger partial charge in [-0.05, 0) is 25.2 Å². The summed E-state index contributed by atoms with van der Waals surface area (Å²) in [6.45, 7) is 0. The van der Waals surface area contributed by atoms with Crippen LogP contribution in [0.15, 0.2) is 0 Å². The molecule has 0 aromatic heterocycles. The maximum atomic E-state index is 11.1. The lowest BCUT2D eigenvalue weighted by Gasteiger charge is -2.22. The van der Waals surface area contributed by atoms with Crippen LogP contribution in [0.4, 0.5) is 0 Å². The van der Waals surface area contributed by atoms with Crippen molar-refractivity contribution in [2.24, 2.45) is 11.8 Å². The Morgan fingerprint density at radius 2 is 2.07 bits per heavy atom. The van der Waals surface area contributed by atoms with E-state index in [0.717, 1.165) is 6.42 Å².